The molecular weight excluding hydrogens is 332 g/mol. The summed E-state index contributed by atoms with van der Waals surface area (Å²) >= 11 is 0. The number of aliphatic hydroxyl groups is 3. The van der Waals surface area contributed by atoms with Crippen LogP contribution in [-0.2, 0) is 9.59 Å². The molecule has 3 N–H and O–H groups in total. The zero-order valence-electron chi connectivity index (χ0n) is 17.2. The molecule has 5 nitrogen and oxygen atoms in total. The molecule has 26 heavy (non-hydrogen) atoms. The van der Waals surface area contributed by atoms with Gasteiger partial charge in [-0.05, 0) is 37.0 Å². The van der Waals surface area contributed by atoms with Crippen LogP contribution < -0.4 is 0 Å². The molecule has 5 atom stereocenters. The number of ketones is 2. The lowest BCUT2D eigenvalue weighted by Gasteiger charge is -2.37. The van der Waals surface area contributed by atoms with Gasteiger partial charge in [0.1, 0.15) is 23.4 Å². The van der Waals surface area contributed by atoms with Gasteiger partial charge < -0.3 is 15.3 Å². The van der Waals surface area contributed by atoms with Gasteiger partial charge >= 0.3 is 0 Å². The van der Waals surface area contributed by atoms with Crippen LogP contribution in [0.2, 0.25) is 0 Å². The van der Waals surface area contributed by atoms with Gasteiger partial charge in [0.05, 0.1) is 12.0 Å². The Morgan fingerprint density at radius 3 is 2.00 bits per heavy atom. The summed E-state index contributed by atoms with van der Waals surface area (Å²) in [6.45, 7) is 11.8. The van der Waals surface area contributed by atoms with Gasteiger partial charge in [0.25, 0.3) is 0 Å². The van der Waals surface area contributed by atoms with E-state index in [0.29, 0.717) is 37.5 Å². The summed E-state index contributed by atoms with van der Waals surface area (Å²) in [5.74, 6) is -2.15. The van der Waals surface area contributed by atoms with E-state index in [9.17, 15) is 24.9 Å². The second-order valence-electron chi connectivity index (χ2n) is 9.29. The van der Waals surface area contributed by atoms with Crippen LogP contribution in [0, 0.1) is 29.6 Å². The van der Waals surface area contributed by atoms with E-state index in [1.807, 2.05) is 41.5 Å². The molecule has 0 saturated heterocycles. The smallest absolute Gasteiger partial charge is 0.152 e. The summed E-state index contributed by atoms with van der Waals surface area (Å²) in [5.41, 5.74) is -1.95. The van der Waals surface area contributed by atoms with Crippen molar-refractivity contribution in [2.45, 2.75) is 91.5 Å². The van der Waals surface area contributed by atoms with Gasteiger partial charge in [-0.2, -0.15) is 0 Å². The van der Waals surface area contributed by atoms with E-state index in [1.54, 1.807) is 0 Å². The lowest BCUT2D eigenvalue weighted by atomic mass is 9.78. The maximum absolute atomic E-state index is 13.0. The first-order valence-electron chi connectivity index (χ1n) is 10.1. The Balaban J connectivity index is 3.15. The number of carbonyl (C=O) groups is 2. The van der Waals surface area contributed by atoms with E-state index in [0.717, 1.165) is 0 Å². The Morgan fingerprint density at radius 2 is 1.54 bits per heavy atom. The largest absolute Gasteiger partial charge is 0.390 e. The van der Waals surface area contributed by atoms with Crippen molar-refractivity contribution in [3.8, 4) is 0 Å². The Kier molecular flexibility index (Phi) is 8.43. The standard InChI is InChI=1S/C21H38O5/c1-12(2)7-9-15-19(24)18(16(22)11-14(5)6)20(25)21(15,26)17(23)10-8-13(3)4/h12-15,17-18,20,23,25-26H,7-11H2,1-6H3. The second-order valence-corrected chi connectivity index (χ2v) is 9.29. The molecule has 0 spiro atoms. The van der Waals surface area contributed by atoms with Gasteiger partial charge in [0.15, 0.2) is 5.78 Å². The van der Waals surface area contributed by atoms with Crippen LogP contribution in [0.5, 0.6) is 0 Å². The van der Waals surface area contributed by atoms with Crippen molar-refractivity contribution in [3.63, 3.8) is 0 Å². The molecule has 0 heterocycles. The molecule has 152 valence electrons. The molecule has 5 unspecified atom stereocenters. The first kappa shape index (κ1) is 23.3. The minimum absolute atomic E-state index is 0.0659. The SMILES string of the molecule is CC(C)CCC(O)C1(O)C(CCC(C)C)C(=O)C(C(=O)CC(C)C)C1O. The van der Waals surface area contributed by atoms with Gasteiger partial charge in [-0.15, -0.1) is 0 Å². The lowest BCUT2D eigenvalue weighted by Crippen LogP contribution is -2.55. The second kappa shape index (κ2) is 9.43. The van der Waals surface area contributed by atoms with E-state index in [2.05, 4.69) is 0 Å². The third-order valence-corrected chi connectivity index (χ3v) is 5.54. The summed E-state index contributed by atoms with van der Waals surface area (Å²) in [7, 11) is 0. The van der Waals surface area contributed by atoms with E-state index in [-0.39, 0.29) is 18.1 Å². The van der Waals surface area contributed by atoms with E-state index in [4.69, 9.17) is 0 Å². The molecule has 1 aliphatic rings. The quantitative estimate of drug-likeness (QED) is 0.514. The molecule has 0 bridgehead atoms. The third-order valence-electron chi connectivity index (χ3n) is 5.54. The average molecular weight is 371 g/mol. The maximum Gasteiger partial charge on any atom is 0.152 e. The van der Waals surface area contributed by atoms with Crippen LogP contribution in [0.25, 0.3) is 0 Å². The highest BCUT2D eigenvalue weighted by Crippen LogP contribution is 2.44. The Hall–Kier alpha value is -0.780. The van der Waals surface area contributed by atoms with Crippen molar-refractivity contribution in [2.75, 3.05) is 0 Å². The molecule has 0 aromatic heterocycles. The first-order chi connectivity index (χ1) is 11.9. The predicted octanol–water partition coefficient (Wildman–Crippen LogP) is 2.74. The van der Waals surface area contributed by atoms with E-state index in [1.165, 1.54) is 0 Å². The highest BCUT2D eigenvalue weighted by molar-refractivity contribution is 6.06. The fraction of sp³-hybridized carbons (Fsp3) is 0.905. The van der Waals surface area contributed by atoms with Crippen molar-refractivity contribution >= 4 is 11.6 Å². The van der Waals surface area contributed by atoms with E-state index >= 15 is 0 Å². The van der Waals surface area contributed by atoms with Crippen LogP contribution in [-0.4, -0.2) is 44.7 Å². The van der Waals surface area contributed by atoms with Crippen molar-refractivity contribution in [1.29, 1.82) is 0 Å². The third kappa shape index (κ3) is 5.14. The van der Waals surface area contributed by atoms with Crippen LogP contribution >= 0.6 is 0 Å². The first-order valence-corrected chi connectivity index (χ1v) is 10.1. The monoisotopic (exact) mass is 370 g/mol. The zero-order valence-corrected chi connectivity index (χ0v) is 17.2. The minimum atomic E-state index is -1.95. The molecule has 0 amide bonds. The molecule has 0 aromatic carbocycles. The van der Waals surface area contributed by atoms with Gasteiger partial charge in [0, 0.05) is 6.42 Å². The lowest BCUT2D eigenvalue weighted by molar-refractivity contribution is -0.167. The summed E-state index contributed by atoms with van der Waals surface area (Å²) in [6, 6.07) is 0. The summed E-state index contributed by atoms with van der Waals surface area (Å²) < 4.78 is 0. The molecule has 5 heteroatoms. The van der Waals surface area contributed by atoms with E-state index < -0.39 is 35.4 Å². The highest BCUT2D eigenvalue weighted by Gasteiger charge is 2.63. The molecule has 1 saturated carbocycles. The van der Waals surface area contributed by atoms with Crippen LogP contribution in [0.15, 0.2) is 0 Å². The number of hydrogen-bond donors (Lipinski definition) is 3. The number of hydrogen-bond acceptors (Lipinski definition) is 5. The van der Waals surface area contributed by atoms with Crippen molar-refractivity contribution < 1.29 is 24.9 Å². The molecule has 0 radical (unpaired) electrons. The fourth-order valence-electron chi connectivity index (χ4n) is 3.96. The Morgan fingerprint density at radius 1 is 1.00 bits per heavy atom. The zero-order chi connectivity index (χ0) is 20.2. The molecule has 0 aliphatic heterocycles. The highest BCUT2D eigenvalue weighted by atomic mass is 16.4. The number of Topliss-reactive ketones (excluding diaryl/α,β-unsaturated/α-hetero) is 2. The van der Waals surface area contributed by atoms with Crippen LogP contribution in [0.4, 0.5) is 0 Å². The van der Waals surface area contributed by atoms with Gasteiger partial charge in [-0.1, -0.05) is 48.0 Å². The number of carbonyl (C=O) groups excluding carboxylic acids is 2. The van der Waals surface area contributed by atoms with Crippen molar-refractivity contribution in [1.82, 2.24) is 0 Å². The average Bonchev–Trinajstić information content (AvgIpc) is 2.69. The van der Waals surface area contributed by atoms with Gasteiger partial charge in [-0.25, -0.2) is 0 Å². The predicted molar refractivity (Wildman–Crippen MR) is 102 cm³/mol. The minimum Gasteiger partial charge on any atom is -0.390 e. The number of rotatable bonds is 10. The summed E-state index contributed by atoms with van der Waals surface area (Å²) in [5, 5.41) is 32.7. The normalized spacial score (nSPS) is 30.6. The van der Waals surface area contributed by atoms with Crippen molar-refractivity contribution in [3.05, 3.63) is 0 Å². The summed E-state index contributed by atoms with van der Waals surface area (Å²) in [4.78, 5) is 25.5. The molecular formula is C21H38O5. The number of aliphatic hydroxyl groups excluding tert-OH is 2. The molecule has 1 rings (SSSR count). The molecule has 1 fully saturated rings. The van der Waals surface area contributed by atoms with Crippen LogP contribution in [0.1, 0.15) is 73.6 Å². The van der Waals surface area contributed by atoms with Crippen LogP contribution in [0.3, 0.4) is 0 Å². The van der Waals surface area contributed by atoms with Gasteiger partial charge in [-0.3, -0.25) is 9.59 Å². The maximum atomic E-state index is 13.0. The Bertz CT molecular complexity index is 485. The molecule has 1 aliphatic carbocycles. The summed E-state index contributed by atoms with van der Waals surface area (Å²) in [6.07, 6.45) is -0.559. The topological polar surface area (TPSA) is 94.8 Å². The molecule has 0 aromatic rings. The Labute approximate surface area is 158 Å². The van der Waals surface area contributed by atoms with Gasteiger partial charge in [0.2, 0.25) is 0 Å². The fourth-order valence-corrected chi connectivity index (χ4v) is 3.96. The van der Waals surface area contributed by atoms with Crippen molar-refractivity contribution in [2.24, 2.45) is 29.6 Å².